The van der Waals surface area contributed by atoms with E-state index in [0.29, 0.717) is 22.4 Å². The van der Waals surface area contributed by atoms with Gasteiger partial charge < -0.3 is 22.4 Å². The summed E-state index contributed by atoms with van der Waals surface area (Å²) >= 11 is 9.91. The normalized spacial score (nSPS) is 11.8. The van der Waals surface area contributed by atoms with Crippen molar-refractivity contribution in [3.05, 3.63) is 42.3 Å². The Kier molecular flexibility index (Phi) is 9.45. The molecule has 11 heteroatoms. The van der Waals surface area contributed by atoms with Gasteiger partial charge in [0.05, 0.1) is 6.21 Å². The van der Waals surface area contributed by atoms with E-state index in [-0.39, 0.29) is 22.2 Å². The van der Waals surface area contributed by atoms with E-state index in [4.69, 9.17) is 29.3 Å². The van der Waals surface area contributed by atoms with Crippen LogP contribution in [0.5, 0.6) is 0 Å². The molecule has 1 aromatic heterocycles. The van der Waals surface area contributed by atoms with Crippen LogP contribution in [0, 0.1) is 0 Å². The van der Waals surface area contributed by atoms with Gasteiger partial charge in [0.15, 0.2) is 5.11 Å². The predicted octanol–water partition coefficient (Wildman–Crippen LogP) is 1.25. The largest absolute Gasteiger partial charge is 1.00 e. The van der Waals surface area contributed by atoms with E-state index in [9.17, 15) is 0 Å². The molecular formula is C15H16CuN7OS2. The predicted molar refractivity (Wildman–Crippen MR) is 106 cm³/mol. The molecule has 0 atom stereocenters. The van der Waals surface area contributed by atoms with Gasteiger partial charge in [0.2, 0.25) is 5.89 Å². The fraction of sp³-hybridized carbons (Fsp3) is 0.133. The number of amidine groups is 1. The Morgan fingerprint density at radius 2 is 2.00 bits per heavy atom. The summed E-state index contributed by atoms with van der Waals surface area (Å²) in [6, 6.07) is 9.53. The molecule has 0 aliphatic rings. The maximum Gasteiger partial charge on any atom is 1.00 e. The zero-order chi connectivity index (χ0) is 18.1. The van der Waals surface area contributed by atoms with Crippen LogP contribution in [0.15, 0.2) is 56.2 Å². The summed E-state index contributed by atoms with van der Waals surface area (Å²) in [4.78, 5) is 8.23. The van der Waals surface area contributed by atoms with E-state index < -0.39 is 0 Å². The van der Waals surface area contributed by atoms with Gasteiger partial charge in [0, 0.05) is 19.7 Å². The summed E-state index contributed by atoms with van der Waals surface area (Å²) < 4.78 is 5.52. The van der Waals surface area contributed by atoms with E-state index in [0.717, 1.165) is 5.56 Å². The average molecular weight is 438 g/mol. The van der Waals surface area contributed by atoms with Crippen molar-refractivity contribution in [2.75, 3.05) is 14.1 Å². The third kappa shape index (κ3) is 6.52. The molecule has 8 nitrogen and oxygen atoms in total. The van der Waals surface area contributed by atoms with Gasteiger partial charge in [-0.15, -0.1) is 0 Å². The van der Waals surface area contributed by atoms with Gasteiger partial charge in [-0.05, 0) is 29.5 Å². The second-order valence-electron chi connectivity index (χ2n) is 4.49. The van der Waals surface area contributed by atoms with Crippen molar-refractivity contribution in [1.82, 2.24) is 21.2 Å². The SMILES string of the molecule is CN=C([S-])N/N=C(/C=N/NC(=S)NC)c1coc(-c2ccccc2)n1.[Cu+]. The number of hydrogen-bond acceptors (Lipinski definition) is 7. The van der Waals surface area contributed by atoms with Crippen LogP contribution in [-0.2, 0) is 29.7 Å². The van der Waals surface area contributed by atoms with Crippen molar-refractivity contribution >= 4 is 47.1 Å². The fourth-order valence-corrected chi connectivity index (χ4v) is 1.72. The molecule has 0 bridgehead atoms. The van der Waals surface area contributed by atoms with Gasteiger partial charge in [-0.25, -0.2) is 4.98 Å². The van der Waals surface area contributed by atoms with Crippen LogP contribution in [0.25, 0.3) is 11.5 Å². The first-order chi connectivity index (χ1) is 12.1. The number of oxazole rings is 1. The molecule has 0 saturated heterocycles. The number of hydrogen-bond donors (Lipinski definition) is 3. The van der Waals surface area contributed by atoms with Gasteiger partial charge in [-0.3, -0.25) is 15.8 Å². The van der Waals surface area contributed by atoms with Crippen LogP contribution in [0.2, 0.25) is 0 Å². The van der Waals surface area contributed by atoms with Crippen LogP contribution >= 0.6 is 12.2 Å². The molecule has 2 rings (SSSR count). The molecule has 0 amide bonds. The molecule has 2 aromatic rings. The quantitative estimate of drug-likeness (QED) is 0.162. The van der Waals surface area contributed by atoms with E-state index in [1.54, 1.807) is 14.1 Å². The third-order valence-corrected chi connectivity index (χ3v) is 3.41. The van der Waals surface area contributed by atoms with Crippen molar-refractivity contribution in [3.8, 4) is 11.5 Å². The van der Waals surface area contributed by atoms with Crippen molar-refractivity contribution in [2.24, 2.45) is 15.2 Å². The monoisotopic (exact) mass is 437 g/mol. The molecule has 1 aromatic carbocycles. The molecule has 3 N–H and O–H groups in total. The first-order valence-electron chi connectivity index (χ1n) is 7.13. The number of nitrogens with zero attached hydrogens (tertiary/aromatic N) is 4. The molecule has 0 fully saturated rings. The number of aliphatic imine (C=N–C) groups is 1. The minimum Gasteiger partial charge on any atom is -0.741 e. The second-order valence-corrected chi connectivity index (χ2v) is 5.29. The van der Waals surface area contributed by atoms with E-state index >= 15 is 0 Å². The zero-order valence-corrected chi connectivity index (χ0v) is 16.4. The maximum atomic E-state index is 5.52. The minimum absolute atomic E-state index is 0. The smallest absolute Gasteiger partial charge is 0.741 e. The van der Waals surface area contributed by atoms with Gasteiger partial charge in [0.25, 0.3) is 0 Å². The molecule has 140 valence electrons. The van der Waals surface area contributed by atoms with Crippen molar-refractivity contribution in [2.45, 2.75) is 0 Å². The summed E-state index contributed by atoms with van der Waals surface area (Å²) in [6.45, 7) is 0. The summed E-state index contributed by atoms with van der Waals surface area (Å²) in [5, 5.41) is 11.5. The topological polar surface area (TPSA) is 99.2 Å². The summed E-state index contributed by atoms with van der Waals surface area (Å²) in [7, 11) is 3.25. The van der Waals surface area contributed by atoms with E-state index in [2.05, 4.69) is 36.3 Å². The fourth-order valence-electron chi connectivity index (χ4n) is 1.62. The van der Waals surface area contributed by atoms with Crippen LogP contribution in [-0.4, -0.2) is 41.3 Å². The standard InChI is InChI=1S/C15H17N7OS2.Cu/c1-16-14(24)21-18-8-11(20-22-15(25)17-2)12-9-23-13(19-12)10-6-4-3-5-7-10;/h3-9H,1-2H3,(H2,16,21,24)(H2,17,22,25);/q;+1/p-1/b18-8+,20-11-;. The number of nitrogens with one attached hydrogen (secondary N) is 3. The number of benzene rings is 1. The van der Waals surface area contributed by atoms with E-state index in [1.165, 1.54) is 12.5 Å². The molecule has 0 aliphatic heterocycles. The van der Waals surface area contributed by atoms with E-state index in [1.807, 2.05) is 30.3 Å². The van der Waals surface area contributed by atoms with Crippen molar-refractivity contribution < 1.29 is 21.5 Å². The average Bonchev–Trinajstić information content (AvgIpc) is 3.14. The zero-order valence-electron chi connectivity index (χ0n) is 13.9. The van der Waals surface area contributed by atoms with Gasteiger partial charge in [-0.1, -0.05) is 18.2 Å². The first-order valence-corrected chi connectivity index (χ1v) is 7.95. The molecule has 0 spiro atoms. The van der Waals surface area contributed by atoms with Crippen LogP contribution in [0.3, 0.4) is 0 Å². The van der Waals surface area contributed by atoms with Crippen LogP contribution < -0.4 is 16.2 Å². The molecule has 0 aliphatic carbocycles. The summed E-state index contributed by atoms with van der Waals surface area (Å²) in [6.07, 6.45) is 2.93. The Balaban J connectivity index is 0.00000338. The van der Waals surface area contributed by atoms with Crippen LogP contribution in [0.4, 0.5) is 0 Å². The van der Waals surface area contributed by atoms with Gasteiger partial charge in [-0.2, -0.15) is 10.2 Å². The second kappa shape index (κ2) is 11.3. The Hall–Kier alpha value is -2.33. The Bertz CT molecular complexity index is 805. The Morgan fingerprint density at radius 1 is 1.27 bits per heavy atom. The maximum absolute atomic E-state index is 5.52. The molecule has 0 radical (unpaired) electrons. The van der Waals surface area contributed by atoms with Gasteiger partial charge >= 0.3 is 17.1 Å². The Morgan fingerprint density at radius 3 is 2.65 bits per heavy atom. The molecule has 0 unspecified atom stereocenters. The number of aromatic nitrogens is 1. The number of thiocarbonyl (C=S) groups is 1. The number of rotatable bonds is 5. The molecule has 0 saturated carbocycles. The molecular weight excluding hydrogens is 422 g/mol. The first kappa shape index (κ1) is 21.7. The van der Waals surface area contributed by atoms with Crippen molar-refractivity contribution in [3.63, 3.8) is 0 Å². The number of hydrazone groups is 2. The molecule has 26 heavy (non-hydrogen) atoms. The summed E-state index contributed by atoms with van der Waals surface area (Å²) in [5.41, 5.74) is 7.00. The minimum atomic E-state index is 0. The summed E-state index contributed by atoms with van der Waals surface area (Å²) in [5.74, 6) is 0.471. The van der Waals surface area contributed by atoms with Gasteiger partial charge in [0.1, 0.15) is 17.7 Å². The Labute approximate surface area is 172 Å². The van der Waals surface area contributed by atoms with Crippen molar-refractivity contribution in [1.29, 1.82) is 0 Å². The third-order valence-electron chi connectivity index (χ3n) is 2.84. The van der Waals surface area contributed by atoms with Crippen LogP contribution in [0.1, 0.15) is 5.69 Å². The molecule has 1 heterocycles.